The van der Waals surface area contributed by atoms with Crippen LogP contribution in [0.25, 0.3) is 27.8 Å². The largest absolute Gasteiger partial charge is 0.237 e. The van der Waals surface area contributed by atoms with Crippen molar-refractivity contribution < 1.29 is 0 Å². The third kappa shape index (κ3) is 4.63. The summed E-state index contributed by atoms with van der Waals surface area (Å²) in [5.74, 6) is 0. The molecule has 38 heavy (non-hydrogen) atoms. The summed E-state index contributed by atoms with van der Waals surface area (Å²) in [5.41, 5.74) is 13.1. The molecule has 0 radical (unpaired) electrons. The molecule has 0 amide bonds. The Morgan fingerprint density at radius 2 is 1.45 bits per heavy atom. The van der Waals surface area contributed by atoms with E-state index in [1.165, 1.54) is 30.4 Å². The van der Waals surface area contributed by atoms with E-state index in [2.05, 4.69) is 79.7 Å². The second-order valence-electron chi connectivity index (χ2n) is 9.58. The minimum absolute atomic E-state index is 0.772. The molecule has 3 heterocycles. The molecule has 0 spiro atoms. The summed E-state index contributed by atoms with van der Waals surface area (Å²) in [5, 5.41) is 30.2. The monoisotopic (exact) mass is 505 g/mol. The number of hydrogen-bond donors (Lipinski definition) is 3. The van der Waals surface area contributed by atoms with Crippen LogP contribution in [0.2, 0.25) is 0 Å². The Bertz CT molecular complexity index is 1600. The van der Waals surface area contributed by atoms with E-state index in [4.69, 9.17) is 5.10 Å². The smallest absolute Gasteiger partial charge is 0.138 e. The van der Waals surface area contributed by atoms with Crippen LogP contribution in [0.3, 0.4) is 0 Å². The average Bonchev–Trinajstić information content (AvgIpc) is 3.64. The number of nitrogens with zero attached hydrogens (tertiary/aromatic N) is 6. The summed E-state index contributed by atoms with van der Waals surface area (Å²) in [6.07, 6.45) is 7.39. The number of fused-ring (bicyclic) bond motifs is 2. The van der Waals surface area contributed by atoms with Gasteiger partial charge >= 0.3 is 0 Å². The van der Waals surface area contributed by atoms with Crippen LogP contribution in [0.1, 0.15) is 56.6 Å². The van der Waals surface area contributed by atoms with Crippen molar-refractivity contribution in [1.29, 1.82) is 0 Å². The molecule has 0 aliphatic carbocycles. The minimum atomic E-state index is 0.772. The molecule has 5 aromatic rings. The van der Waals surface area contributed by atoms with E-state index in [1.807, 2.05) is 35.3 Å². The van der Waals surface area contributed by atoms with E-state index in [0.717, 1.165) is 70.4 Å². The number of rotatable bonds is 10. The number of aromatic nitrogens is 6. The lowest BCUT2D eigenvalue weighted by Gasteiger charge is -2.33. The van der Waals surface area contributed by atoms with Crippen molar-refractivity contribution in [3.05, 3.63) is 83.4 Å². The average molecular weight is 506 g/mol. The van der Waals surface area contributed by atoms with Crippen molar-refractivity contribution in [3.8, 4) is 0 Å². The molecule has 9 nitrogen and oxygen atoms in total. The number of para-hydroxylation sites is 2. The first-order valence-electron chi connectivity index (χ1n) is 13.3. The van der Waals surface area contributed by atoms with Crippen molar-refractivity contribution in [2.24, 2.45) is 5.10 Å². The van der Waals surface area contributed by atoms with Gasteiger partial charge in [0.2, 0.25) is 0 Å². The Hall–Kier alpha value is -4.53. The van der Waals surface area contributed by atoms with Gasteiger partial charge in [-0.3, -0.25) is 0 Å². The molecular formula is C29H31N9. The lowest BCUT2D eigenvalue weighted by atomic mass is 9.92. The highest BCUT2D eigenvalue weighted by Gasteiger charge is 2.29. The number of benzene rings is 3. The van der Waals surface area contributed by atoms with E-state index in [-0.39, 0.29) is 0 Å². The van der Waals surface area contributed by atoms with Gasteiger partial charge in [-0.1, -0.05) is 74.7 Å². The predicted octanol–water partition coefficient (Wildman–Crippen LogP) is 5.92. The third-order valence-corrected chi connectivity index (χ3v) is 7.09. The predicted molar refractivity (Wildman–Crippen MR) is 151 cm³/mol. The van der Waals surface area contributed by atoms with Crippen LogP contribution < -0.4 is 10.5 Å². The van der Waals surface area contributed by atoms with E-state index >= 15 is 0 Å². The zero-order chi connectivity index (χ0) is 25.7. The maximum absolute atomic E-state index is 4.95. The summed E-state index contributed by atoms with van der Waals surface area (Å²) >= 11 is 0. The Kier molecular flexibility index (Phi) is 6.80. The molecule has 0 atom stereocenters. The molecule has 9 heteroatoms. The van der Waals surface area contributed by atoms with Gasteiger partial charge in [0.05, 0.1) is 17.1 Å². The van der Waals surface area contributed by atoms with Crippen LogP contribution in [0.15, 0.2) is 77.4 Å². The van der Waals surface area contributed by atoms with Crippen molar-refractivity contribution in [3.63, 3.8) is 0 Å². The minimum Gasteiger partial charge on any atom is -0.237 e. The SMILES string of the molecule is CCCCCCC1=NNN(c2cccc3n[nH]nc23)C(c2cccc3n[nH]nc23)=C1CCc1ccccc1. The Balaban J connectivity index is 1.51. The molecule has 1 aliphatic rings. The van der Waals surface area contributed by atoms with Crippen LogP contribution >= 0.6 is 0 Å². The second-order valence-corrected chi connectivity index (χ2v) is 9.58. The molecule has 2 aromatic heterocycles. The number of H-pyrrole nitrogens is 2. The molecule has 6 rings (SSSR count). The molecule has 0 unspecified atom stereocenters. The number of anilines is 1. The molecule has 3 N–H and O–H groups in total. The third-order valence-electron chi connectivity index (χ3n) is 7.09. The van der Waals surface area contributed by atoms with Crippen LogP contribution in [-0.2, 0) is 6.42 Å². The quantitative estimate of drug-likeness (QED) is 0.203. The highest BCUT2D eigenvalue weighted by Crippen LogP contribution is 2.37. The fourth-order valence-electron chi connectivity index (χ4n) is 5.15. The lowest BCUT2D eigenvalue weighted by Crippen LogP contribution is -2.39. The van der Waals surface area contributed by atoms with Crippen molar-refractivity contribution >= 4 is 39.2 Å². The number of hydrazone groups is 1. The van der Waals surface area contributed by atoms with Crippen LogP contribution in [-0.4, -0.2) is 36.5 Å². The molecule has 192 valence electrons. The number of hydrazine groups is 1. The van der Waals surface area contributed by atoms with Crippen LogP contribution in [0.4, 0.5) is 5.69 Å². The zero-order valence-electron chi connectivity index (χ0n) is 21.5. The van der Waals surface area contributed by atoms with Crippen molar-refractivity contribution in [2.45, 2.75) is 51.9 Å². The summed E-state index contributed by atoms with van der Waals surface area (Å²) in [4.78, 5) is 0. The fourth-order valence-corrected chi connectivity index (χ4v) is 5.15. The Morgan fingerprint density at radius 1 is 0.684 bits per heavy atom. The summed E-state index contributed by atoms with van der Waals surface area (Å²) in [6.45, 7) is 2.24. The lowest BCUT2D eigenvalue weighted by molar-refractivity contribution is 0.673. The van der Waals surface area contributed by atoms with Crippen molar-refractivity contribution in [1.82, 2.24) is 36.4 Å². The zero-order valence-corrected chi connectivity index (χ0v) is 21.5. The number of aryl methyl sites for hydroxylation is 1. The van der Waals surface area contributed by atoms with Gasteiger partial charge in [0.25, 0.3) is 0 Å². The number of nitrogens with one attached hydrogen (secondary N) is 3. The topological polar surface area (TPSA) is 111 Å². The van der Waals surface area contributed by atoms with Gasteiger partial charge in [-0.15, -0.1) is 0 Å². The first-order chi connectivity index (χ1) is 18.8. The molecule has 0 fully saturated rings. The van der Waals surface area contributed by atoms with E-state index < -0.39 is 0 Å². The second kappa shape index (κ2) is 10.8. The van der Waals surface area contributed by atoms with Crippen LogP contribution in [0, 0.1) is 0 Å². The standard InChI is InChI=1S/C29H31N9/c1-2-3-4-8-14-23-21(19-18-20-11-6-5-7-12-20)29(22-13-9-15-24-27(22)33-35-30-24)38(37-32-23)26-17-10-16-25-28(26)34-36-31-25/h5-7,9-13,15-17,37H,2-4,8,14,18-19H2,1H3,(H,30,33,35)(H,31,34,36). The van der Waals surface area contributed by atoms with Gasteiger partial charge in [-0.2, -0.15) is 35.9 Å². The summed E-state index contributed by atoms with van der Waals surface area (Å²) < 4.78 is 0. The Labute approximate surface area is 221 Å². The Morgan fingerprint density at radius 3 is 2.26 bits per heavy atom. The van der Waals surface area contributed by atoms with Crippen LogP contribution in [0.5, 0.6) is 0 Å². The van der Waals surface area contributed by atoms with Gasteiger partial charge in [0, 0.05) is 11.1 Å². The van der Waals surface area contributed by atoms with Gasteiger partial charge in [-0.25, -0.2) is 10.5 Å². The first-order valence-corrected chi connectivity index (χ1v) is 13.3. The molecule has 0 saturated heterocycles. The number of aromatic amines is 2. The number of allylic oxidation sites excluding steroid dienone is 1. The summed E-state index contributed by atoms with van der Waals surface area (Å²) in [6, 6.07) is 22.7. The first kappa shape index (κ1) is 23.8. The highest BCUT2D eigenvalue weighted by molar-refractivity contribution is 6.12. The molecule has 0 bridgehead atoms. The van der Waals surface area contributed by atoms with E-state index in [0.29, 0.717) is 0 Å². The number of hydrogen-bond acceptors (Lipinski definition) is 7. The van der Waals surface area contributed by atoms with Gasteiger partial charge in [0.15, 0.2) is 0 Å². The molecule has 0 saturated carbocycles. The van der Waals surface area contributed by atoms with Gasteiger partial charge in [-0.05, 0) is 49.4 Å². The van der Waals surface area contributed by atoms with Crippen molar-refractivity contribution in [2.75, 3.05) is 5.01 Å². The fraction of sp³-hybridized carbons (Fsp3) is 0.276. The van der Waals surface area contributed by atoms with Gasteiger partial charge < -0.3 is 0 Å². The molecular weight excluding hydrogens is 474 g/mol. The normalized spacial score (nSPS) is 13.8. The van der Waals surface area contributed by atoms with E-state index in [9.17, 15) is 0 Å². The maximum Gasteiger partial charge on any atom is 0.138 e. The summed E-state index contributed by atoms with van der Waals surface area (Å²) in [7, 11) is 0. The number of unbranched alkanes of at least 4 members (excludes halogenated alkanes) is 3. The van der Waals surface area contributed by atoms with E-state index in [1.54, 1.807) is 0 Å². The molecule has 1 aliphatic heterocycles. The van der Waals surface area contributed by atoms with Gasteiger partial charge in [0.1, 0.15) is 22.1 Å². The maximum atomic E-state index is 4.95. The molecule has 3 aromatic carbocycles. The highest BCUT2D eigenvalue weighted by atomic mass is 15.7.